The number of H-pyrrole nitrogens is 1. The predicted octanol–water partition coefficient (Wildman–Crippen LogP) is 1.98. The Morgan fingerprint density at radius 3 is 3.17 bits per heavy atom. The van der Waals surface area contributed by atoms with Crippen LogP contribution < -0.4 is 5.32 Å². The van der Waals surface area contributed by atoms with E-state index in [1.165, 1.54) is 6.39 Å². The Morgan fingerprint density at radius 1 is 1.33 bits per heavy atom. The fourth-order valence-corrected chi connectivity index (χ4v) is 1.91. The van der Waals surface area contributed by atoms with Crippen LogP contribution in [0.2, 0.25) is 0 Å². The predicted molar refractivity (Wildman–Crippen MR) is 69.2 cm³/mol. The van der Waals surface area contributed by atoms with Gasteiger partial charge in [0.05, 0.1) is 5.69 Å². The SMILES string of the molecule is CNCCc1cc(-c2ccc3ncoc3c2)n[nH]1. The lowest BCUT2D eigenvalue weighted by Crippen LogP contribution is -2.10. The van der Waals surface area contributed by atoms with E-state index >= 15 is 0 Å². The molecule has 0 fully saturated rings. The van der Waals surface area contributed by atoms with Gasteiger partial charge in [0.1, 0.15) is 5.52 Å². The van der Waals surface area contributed by atoms with Crippen LogP contribution in [0.4, 0.5) is 0 Å². The minimum Gasteiger partial charge on any atom is -0.443 e. The van der Waals surface area contributed by atoms with Gasteiger partial charge in [0.15, 0.2) is 12.0 Å². The second-order valence-corrected chi connectivity index (χ2v) is 4.17. The molecule has 0 radical (unpaired) electrons. The highest BCUT2D eigenvalue weighted by molar-refractivity contribution is 5.78. The zero-order chi connectivity index (χ0) is 12.4. The molecule has 2 heterocycles. The number of nitrogens with one attached hydrogen (secondary N) is 2. The molecule has 0 bridgehead atoms. The normalized spacial score (nSPS) is 11.2. The van der Waals surface area contributed by atoms with E-state index in [0.29, 0.717) is 0 Å². The van der Waals surface area contributed by atoms with Crippen molar-refractivity contribution in [1.29, 1.82) is 0 Å². The summed E-state index contributed by atoms with van der Waals surface area (Å²) in [7, 11) is 1.94. The molecule has 0 aliphatic rings. The number of fused-ring (bicyclic) bond motifs is 1. The highest BCUT2D eigenvalue weighted by Crippen LogP contribution is 2.22. The van der Waals surface area contributed by atoms with Gasteiger partial charge in [0.25, 0.3) is 0 Å². The van der Waals surface area contributed by atoms with Gasteiger partial charge in [-0.1, -0.05) is 6.07 Å². The van der Waals surface area contributed by atoms with Crippen molar-refractivity contribution in [3.8, 4) is 11.3 Å². The number of benzene rings is 1. The molecule has 1 aromatic carbocycles. The molecule has 2 aromatic heterocycles. The van der Waals surface area contributed by atoms with E-state index in [4.69, 9.17) is 4.42 Å². The van der Waals surface area contributed by atoms with E-state index in [2.05, 4.69) is 26.6 Å². The molecule has 0 amide bonds. The molecule has 5 heteroatoms. The van der Waals surface area contributed by atoms with Crippen molar-refractivity contribution in [2.24, 2.45) is 0 Å². The highest BCUT2D eigenvalue weighted by Gasteiger charge is 2.06. The largest absolute Gasteiger partial charge is 0.443 e. The summed E-state index contributed by atoms with van der Waals surface area (Å²) < 4.78 is 5.29. The lowest BCUT2D eigenvalue weighted by Gasteiger charge is -1.95. The molecule has 0 atom stereocenters. The van der Waals surface area contributed by atoms with Crippen LogP contribution in [0.3, 0.4) is 0 Å². The smallest absolute Gasteiger partial charge is 0.181 e. The first kappa shape index (κ1) is 11.0. The number of rotatable bonds is 4. The van der Waals surface area contributed by atoms with Crippen LogP contribution in [-0.2, 0) is 6.42 Å². The van der Waals surface area contributed by atoms with Gasteiger partial charge in [-0.15, -0.1) is 0 Å². The summed E-state index contributed by atoms with van der Waals surface area (Å²) in [5.74, 6) is 0. The Bertz CT molecular complexity index is 656. The maximum atomic E-state index is 5.29. The Kier molecular flexibility index (Phi) is 2.82. The number of aromatic nitrogens is 3. The van der Waals surface area contributed by atoms with Crippen LogP contribution in [0.5, 0.6) is 0 Å². The van der Waals surface area contributed by atoms with Crippen molar-refractivity contribution in [2.75, 3.05) is 13.6 Å². The molecule has 0 spiro atoms. The summed E-state index contributed by atoms with van der Waals surface area (Å²) in [6.45, 7) is 0.933. The quantitative estimate of drug-likeness (QED) is 0.734. The molecule has 3 aromatic rings. The standard InChI is InChI=1S/C13H14N4O/c1-14-5-4-10-7-12(17-16-10)9-2-3-11-13(6-9)18-8-15-11/h2-3,6-8,14H,4-5H2,1H3,(H,16,17). The Labute approximate surface area is 104 Å². The maximum absolute atomic E-state index is 5.29. The zero-order valence-electron chi connectivity index (χ0n) is 10.1. The second-order valence-electron chi connectivity index (χ2n) is 4.17. The molecule has 0 aliphatic heterocycles. The molecule has 0 saturated heterocycles. The van der Waals surface area contributed by atoms with E-state index in [1.54, 1.807) is 0 Å². The van der Waals surface area contributed by atoms with E-state index in [9.17, 15) is 0 Å². The van der Waals surface area contributed by atoms with Crippen molar-refractivity contribution < 1.29 is 4.42 Å². The Hall–Kier alpha value is -2.14. The number of hydrogen-bond acceptors (Lipinski definition) is 4. The Balaban J connectivity index is 1.90. The zero-order valence-corrected chi connectivity index (χ0v) is 10.1. The molecule has 2 N–H and O–H groups in total. The number of hydrogen-bond donors (Lipinski definition) is 2. The van der Waals surface area contributed by atoms with E-state index in [1.807, 2.05) is 25.2 Å². The lowest BCUT2D eigenvalue weighted by molar-refractivity contribution is 0.602. The minimum absolute atomic E-state index is 0.785. The van der Waals surface area contributed by atoms with Crippen molar-refractivity contribution >= 4 is 11.1 Å². The number of nitrogens with zero attached hydrogens (tertiary/aromatic N) is 2. The van der Waals surface area contributed by atoms with Crippen LogP contribution in [0, 0.1) is 0 Å². The van der Waals surface area contributed by atoms with Crippen molar-refractivity contribution in [3.63, 3.8) is 0 Å². The molecule has 0 unspecified atom stereocenters. The van der Waals surface area contributed by atoms with Crippen molar-refractivity contribution in [1.82, 2.24) is 20.5 Å². The van der Waals surface area contributed by atoms with Crippen molar-refractivity contribution in [2.45, 2.75) is 6.42 Å². The van der Waals surface area contributed by atoms with Gasteiger partial charge in [-0.2, -0.15) is 5.10 Å². The molecule has 18 heavy (non-hydrogen) atoms. The Morgan fingerprint density at radius 2 is 2.28 bits per heavy atom. The van der Waals surface area contributed by atoms with Crippen LogP contribution in [0.1, 0.15) is 5.69 Å². The third-order valence-electron chi connectivity index (χ3n) is 2.90. The second kappa shape index (κ2) is 4.62. The topological polar surface area (TPSA) is 66.7 Å². The average Bonchev–Trinajstić information content (AvgIpc) is 3.04. The van der Waals surface area contributed by atoms with E-state index in [-0.39, 0.29) is 0 Å². The molecular weight excluding hydrogens is 228 g/mol. The molecule has 5 nitrogen and oxygen atoms in total. The minimum atomic E-state index is 0.785. The van der Waals surface area contributed by atoms with Gasteiger partial charge in [-0.05, 0) is 25.2 Å². The molecular formula is C13H14N4O. The summed E-state index contributed by atoms with van der Waals surface area (Å²) in [6.07, 6.45) is 2.39. The van der Waals surface area contributed by atoms with Crippen LogP contribution in [0.15, 0.2) is 35.1 Å². The van der Waals surface area contributed by atoms with Gasteiger partial charge >= 0.3 is 0 Å². The molecule has 0 saturated carbocycles. The van der Waals surface area contributed by atoms with Gasteiger partial charge < -0.3 is 9.73 Å². The third-order valence-corrected chi connectivity index (χ3v) is 2.90. The first-order chi connectivity index (χ1) is 8.86. The summed E-state index contributed by atoms with van der Waals surface area (Å²) in [5.41, 5.74) is 4.74. The van der Waals surface area contributed by atoms with E-state index < -0.39 is 0 Å². The maximum Gasteiger partial charge on any atom is 0.181 e. The van der Waals surface area contributed by atoms with Crippen LogP contribution in [0.25, 0.3) is 22.4 Å². The highest BCUT2D eigenvalue weighted by atomic mass is 16.3. The first-order valence-electron chi connectivity index (χ1n) is 5.89. The number of oxazole rings is 1. The van der Waals surface area contributed by atoms with E-state index in [0.717, 1.165) is 41.0 Å². The summed E-state index contributed by atoms with van der Waals surface area (Å²) in [6, 6.07) is 7.97. The monoisotopic (exact) mass is 242 g/mol. The summed E-state index contributed by atoms with van der Waals surface area (Å²) >= 11 is 0. The van der Waals surface area contributed by atoms with Gasteiger partial charge in [0, 0.05) is 24.2 Å². The molecule has 92 valence electrons. The number of likely N-dealkylation sites (N-methyl/N-ethyl adjacent to an activating group) is 1. The van der Waals surface area contributed by atoms with Gasteiger partial charge in [-0.25, -0.2) is 4.98 Å². The molecule has 3 rings (SSSR count). The van der Waals surface area contributed by atoms with Gasteiger partial charge in [0.2, 0.25) is 0 Å². The summed E-state index contributed by atoms with van der Waals surface area (Å²) in [4.78, 5) is 4.10. The van der Waals surface area contributed by atoms with Crippen LogP contribution in [-0.4, -0.2) is 28.8 Å². The third kappa shape index (κ3) is 2.00. The van der Waals surface area contributed by atoms with Crippen LogP contribution >= 0.6 is 0 Å². The number of aromatic amines is 1. The first-order valence-corrected chi connectivity index (χ1v) is 5.89. The lowest BCUT2D eigenvalue weighted by atomic mass is 10.1. The fourth-order valence-electron chi connectivity index (χ4n) is 1.91. The molecule has 0 aliphatic carbocycles. The van der Waals surface area contributed by atoms with Gasteiger partial charge in [-0.3, -0.25) is 5.10 Å². The summed E-state index contributed by atoms with van der Waals surface area (Å²) in [5, 5.41) is 10.5. The van der Waals surface area contributed by atoms with Crippen molar-refractivity contribution in [3.05, 3.63) is 36.4 Å². The average molecular weight is 242 g/mol. The fraction of sp³-hybridized carbons (Fsp3) is 0.231.